The number of para-hydroxylation sites is 1. The third kappa shape index (κ3) is 3.82. The van der Waals surface area contributed by atoms with Crippen LogP contribution in [-0.4, -0.2) is 38.3 Å². The second-order valence-corrected chi connectivity index (χ2v) is 4.33. The van der Waals surface area contributed by atoms with Gasteiger partial charge in [0.1, 0.15) is 11.5 Å². The highest BCUT2D eigenvalue weighted by Crippen LogP contribution is 2.31. The van der Waals surface area contributed by atoms with Crippen LogP contribution in [0.1, 0.15) is 17.3 Å². The molecule has 1 aromatic rings. The number of nitrogens with one attached hydrogen (secondary N) is 1. The molecule has 0 heterocycles. The Hall–Kier alpha value is -2.88. The van der Waals surface area contributed by atoms with Crippen LogP contribution < -0.4 is 9.47 Å². The van der Waals surface area contributed by atoms with Crippen molar-refractivity contribution in [2.45, 2.75) is 6.92 Å². The first-order chi connectivity index (χ1) is 10.5. The van der Waals surface area contributed by atoms with Crippen molar-refractivity contribution in [3.63, 3.8) is 0 Å². The largest absolute Gasteiger partial charge is 0.493 e. The van der Waals surface area contributed by atoms with E-state index in [0.717, 1.165) is 0 Å². The quantitative estimate of drug-likeness (QED) is 0.605. The fraction of sp³-hybridized carbons (Fsp3) is 0.333. The summed E-state index contributed by atoms with van der Waals surface area (Å²) >= 11 is 0. The van der Waals surface area contributed by atoms with E-state index in [0.29, 0.717) is 5.75 Å². The first kappa shape index (κ1) is 17.2. The molecule has 1 aromatic carbocycles. The van der Waals surface area contributed by atoms with E-state index in [9.17, 15) is 9.59 Å². The molecule has 0 fully saturated rings. The zero-order chi connectivity index (χ0) is 16.7. The molecule has 1 unspecified atom stereocenters. The number of benzene rings is 1. The second-order valence-electron chi connectivity index (χ2n) is 4.33. The number of ketones is 1. The van der Waals surface area contributed by atoms with Gasteiger partial charge >= 0.3 is 5.97 Å². The number of Topliss-reactive ketones (excluding diaryl/α,β-unsaturated/α-hetero) is 1. The van der Waals surface area contributed by atoms with E-state index < -0.39 is 24.3 Å². The van der Waals surface area contributed by atoms with Crippen molar-refractivity contribution in [3.05, 3.63) is 23.8 Å². The molecule has 1 atom stereocenters. The van der Waals surface area contributed by atoms with E-state index in [1.165, 1.54) is 27.2 Å². The van der Waals surface area contributed by atoms with Gasteiger partial charge in [-0.15, -0.1) is 0 Å². The Morgan fingerprint density at radius 3 is 2.50 bits per heavy atom. The van der Waals surface area contributed by atoms with Gasteiger partial charge in [0.05, 0.1) is 20.3 Å². The third-order valence-corrected chi connectivity index (χ3v) is 2.85. The molecule has 0 aliphatic rings. The molecule has 0 aliphatic heterocycles. The van der Waals surface area contributed by atoms with Crippen molar-refractivity contribution in [1.29, 1.82) is 10.7 Å². The van der Waals surface area contributed by atoms with E-state index in [1.807, 2.05) is 0 Å². The Kier molecular flexibility index (Phi) is 6.08. The smallest absolute Gasteiger partial charge is 0.342 e. The summed E-state index contributed by atoms with van der Waals surface area (Å²) in [6, 6.07) is 6.36. The molecule has 1 N–H and O–H groups in total. The van der Waals surface area contributed by atoms with Gasteiger partial charge in [0.25, 0.3) is 0 Å². The van der Waals surface area contributed by atoms with Gasteiger partial charge in [-0.25, -0.2) is 4.79 Å². The van der Waals surface area contributed by atoms with Crippen molar-refractivity contribution >= 4 is 17.5 Å². The summed E-state index contributed by atoms with van der Waals surface area (Å²) in [6.45, 7) is 0.756. The lowest BCUT2D eigenvalue weighted by Gasteiger charge is -2.12. The van der Waals surface area contributed by atoms with Crippen molar-refractivity contribution in [3.8, 4) is 17.6 Å². The normalized spacial score (nSPS) is 11.0. The first-order valence-electron chi connectivity index (χ1n) is 6.31. The Labute approximate surface area is 127 Å². The van der Waals surface area contributed by atoms with Gasteiger partial charge in [-0.1, -0.05) is 6.07 Å². The molecule has 116 valence electrons. The Balaban J connectivity index is 2.85. The van der Waals surface area contributed by atoms with Crippen LogP contribution in [0.5, 0.6) is 11.5 Å². The van der Waals surface area contributed by atoms with Crippen LogP contribution in [-0.2, 0) is 9.53 Å². The molecular weight excluding hydrogens is 288 g/mol. The Morgan fingerprint density at radius 2 is 2.00 bits per heavy atom. The number of esters is 1. The van der Waals surface area contributed by atoms with Crippen LogP contribution in [0.2, 0.25) is 0 Å². The standard InChI is InChI=1S/C15H16N2O5/c1-9(17)11(7-16)12(18)8-22-15(19)10-5-4-6-13(20-2)14(10)21-3/h4-6,11,17H,8H2,1-3H3. The highest BCUT2D eigenvalue weighted by atomic mass is 16.5. The zero-order valence-electron chi connectivity index (χ0n) is 12.5. The van der Waals surface area contributed by atoms with Crippen molar-refractivity contribution in [2.24, 2.45) is 5.92 Å². The maximum Gasteiger partial charge on any atom is 0.342 e. The number of carbonyl (C=O) groups is 2. The minimum absolute atomic E-state index is 0.0949. The molecule has 0 aromatic heterocycles. The highest BCUT2D eigenvalue weighted by Gasteiger charge is 2.23. The van der Waals surface area contributed by atoms with E-state index >= 15 is 0 Å². The maximum atomic E-state index is 12.0. The van der Waals surface area contributed by atoms with Crippen LogP contribution in [0, 0.1) is 22.7 Å². The van der Waals surface area contributed by atoms with Crippen LogP contribution in [0.3, 0.4) is 0 Å². The summed E-state index contributed by atoms with van der Waals surface area (Å²) in [4.78, 5) is 23.8. The van der Waals surface area contributed by atoms with E-state index in [-0.39, 0.29) is 17.0 Å². The molecule has 0 aliphatic carbocycles. The number of carbonyl (C=O) groups excluding carboxylic acids is 2. The summed E-state index contributed by atoms with van der Waals surface area (Å²) < 4.78 is 15.1. The first-order valence-corrected chi connectivity index (χ1v) is 6.31. The summed E-state index contributed by atoms with van der Waals surface area (Å²) in [6.07, 6.45) is 0. The predicted molar refractivity (Wildman–Crippen MR) is 77.3 cm³/mol. The number of nitrogens with zero attached hydrogens (tertiary/aromatic N) is 1. The predicted octanol–water partition coefficient (Wildman–Crippen LogP) is 1.61. The fourth-order valence-electron chi connectivity index (χ4n) is 1.76. The Bertz CT molecular complexity index is 633. The number of hydrogen-bond donors (Lipinski definition) is 1. The van der Waals surface area contributed by atoms with Crippen molar-refractivity contribution in [2.75, 3.05) is 20.8 Å². The van der Waals surface area contributed by atoms with Crippen molar-refractivity contribution < 1.29 is 23.8 Å². The molecule has 7 heteroatoms. The summed E-state index contributed by atoms with van der Waals surface area (Å²) in [5.41, 5.74) is 0.0113. The lowest BCUT2D eigenvalue weighted by Crippen LogP contribution is -2.25. The summed E-state index contributed by atoms with van der Waals surface area (Å²) in [5.74, 6) is -2.08. The highest BCUT2D eigenvalue weighted by molar-refractivity contribution is 6.06. The summed E-state index contributed by atoms with van der Waals surface area (Å²) in [7, 11) is 2.81. The second kappa shape index (κ2) is 7.78. The average Bonchev–Trinajstić information content (AvgIpc) is 2.51. The van der Waals surface area contributed by atoms with Gasteiger partial charge in [0, 0.05) is 5.71 Å². The molecule has 0 spiro atoms. The molecule has 0 saturated heterocycles. The summed E-state index contributed by atoms with van der Waals surface area (Å²) in [5, 5.41) is 16.1. The topological polar surface area (TPSA) is 109 Å². The van der Waals surface area contributed by atoms with E-state index in [4.69, 9.17) is 24.9 Å². The molecule has 0 amide bonds. The number of ether oxygens (including phenoxy) is 3. The minimum Gasteiger partial charge on any atom is -0.493 e. The average molecular weight is 304 g/mol. The fourth-order valence-corrected chi connectivity index (χ4v) is 1.76. The third-order valence-electron chi connectivity index (χ3n) is 2.85. The van der Waals surface area contributed by atoms with Crippen LogP contribution in [0.25, 0.3) is 0 Å². The Morgan fingerprint density at radius 1 is 1.32 bits per heavy atom. The lowest BCUT2D eigenvalue weighted by atomic mass is 10.0. The molecule has 0 saturated carbocycles. The minimum atomic E-state index is -1.21. The molecule has 0 bridgehead atoms. The van der Waals surface area contributed by atoms with Gasteiger partial charge in [0.15, 0.2) is 23.9 Å². The molecule has 1 rings (SSSR count). The molecule has 7 nitrogen and oxygen atoms in total. The van der Waals surface area contributed by atoms with Gasteiger partial charge in [-0.05, 0) is 19.1 Å². The van der Waals surface area contributed by atoms with Gasteiger partial charge in [-0.3, -0.25) is 4.79 Å². The number of rotatable bonds is 7. The molecule has 0 radical (unpaired) electrons. The number of methoxy groups -OCH3 is 2. The zero-order valence-corrected chi connectivity index (χ0v) is 12.5. The number of nitriles is 1. The van der Waals surface area contributed by atoms with E-state index in [2.05, 4.69) is 0 Å². The van der Waals surface area contributed by atoms with E-state index in [1.54, 1.807) is 18.2 Å². The maximum absolute atomic E-state index is 12.0. The molecule has 22 heavy (non-hydrogen) atoms. The van der Waals surface area contributed by atoms with Crippen molar-refractivity contribution in [1.82, 2.24) is 0 Å². The van der Waals surface area contributed by atoms with Crippen LogP contribution >= 0.6 is 0 Å². The number of hydrogen-bond acceptors (Lipinski definition) is 7. The SMILES string of the molecule is COc1cccc(C(=O)OCC(=O)C(C#N)C(C)=N)c1OC. The lowest BCUT2D eigenvalue weighted by molar-refractivity contribution is -0.122. The monoisotopic (exact) mass is 304 g/mol. The van der Waals surface area contributed by atoms with Gasteiger partial charge in [0.2, 0.25) is 0 Å². The van der Waals surface area contributed by atoms with Crippen LogP contribution in [0.15, 0.2) is 18.2 Å². The van der Waals surface area contributed by atoms with Gasteiger partial charge in [-0.2, -0.15) is 5.26 Å². The van der Waals surface area contributed by atoms with Crippen LogP contribution in [0.4, 0.5) is 0 Å². The molecular formula is C15H16N2O5. The van der Waals surface area contributed by atoms with Gasteiger partial charge < -0.3 is 19.6 Å².